The lowest BCUT2D eigenvalue weighted by Crippen LogP contribution is -2.15. The molecule has 0 bridgehead atoms. The van der Waals surface area contributed by atoms with Gasteiger partial charge in [0.2, 0.25) is 5.91 Å². The second-order valence-corrected chi connectivity index (χ2v) is 6.18. The van der Waals surface area contributed by atoms with Gasteiger partial charge in [-0.2, -0.15) is 0 Å². The minimum atomic E-state index is -0.497. The van der Waals surface area contributed by atoms with E-state index in [9.17, 15) is 9.18 Å². The molecule has 0 saturated carbocycles. The van der Waals surface area contributed by atoms with Crippen molar-refractivity contribution in [3.63, 3.8) is 0 Å². The number of benzene rings is 1. The average Bonchev–Trinajstić information content (AvgIpc) is 2.91. The third kappa shape index (κ3) is 4.48. The summed E-state index contributed by atoms with van der Waals surface area (Å²) in [5.41, 5.74) is 5.15. The van der Waals surface area contributed by atoms with Gasteiger partial charge in [0.1, 0.15) is 11.6 Å². The number of ether oxygens (including phenoxy) is 1. The molecule has 0 aliphatic rings. The molecule has 0 aliphatic carbocycles. The van der Waals surface area contributed by atoms with Crippen LogP contribution in [0.1, 0.15) is 18.9 Å². The van der Waals surface area contributed by atoms with Crippen LogP contribution in [0.5, 0.6) is 5.75 Å². The van der Waals surface area contributed by atoms with E-state index in [1.54, 1.807) is 17.6 Å². The fraction of sp³-hybridized carbons (Fsp3) is 0.267. The van der Waals surface area contributed by atoms with E-state index in [4.69, 9.17) is 22.1 Å². The van der Waals surface area contributed by atoms with Crippen LogP contribution in [-0.2, 0) is 11.3 Å². The van der Waals surface area contributed by atoms with Gasteiger partial charge in [-0.3, -0.25) is 9.36 Å². The Morgan fingerprint density at radius 2 is 2.33 bits per heavy atom. The number of nitrogens with zero attached hydrogens (tertiary/aromatic N) is 3. The second-order valence-electron chi connectivity index (χ2n) is 4.83. The monoisotopic (exact) mass is 370 g/mol. The van der Waals surface area contributed by atoms with Crippen molar-refractivity contribution in [1.82, 2.24) is 14.8 Å². The number of halogens is 2. The summed E-state index contributed by atoms with van der Waals surface area (Å²) in [6.07, 6.45) is 1.18. The molecule has 128 valence electrons. The fourth-order valence-electron chi connectivity index (χ4n) is 1.96. The third-order valence-electron chi connectivity index (χ3n) is 2.96. The van der Waals surface area contributed by atoms with Crippen molar-refractivity contribution in [3.05, 3.63) is 47.5 Å². The number of aromatic nitrogens is 3. The first-order chi connectivity index (χ1) is 11.4. The van der Waals surface area contributed by atoms with Crippen LogP contribution in [0.25, 0.3) is 0 Å². The molecule has 0 radical (unpaired) electrons. The summed E-state index contributed by atoms with van der Waals surface area (Å²) in [4.78, 5) is 10.9. The topological polar surface area (TPSA) is 83.0 Å². The first-order valence-corrected chi connectivity index (χ1v) is 8.35. The van der Waals surface area contributed by atoms with Crippen molar-refractivity contribution in [2.75, 3.05) is 5.75 Å². The van der Waals surface area contributed by atoms with E-state index in [0.717, 1.165) is 0 Å². The molecule has 9 heteroatoms. The Morgan fingerprint density at radius 1 is 1.58 bits per heavy atom. The van der Waals surface area contributed by atoms with E-state index in [2.05, 4.69) is 16.8 Å². The van der Waals surface area contributed by atoms with Crippen molar-refractivity contribution in [3.8, 4) is 5.75 Å². The van der Waals surface area contributed by atoms with Crippen LogP contribution in [0.15, 0.2) is 36.0 Å². The number of amides is 1. The molecule has 2 rings (SSSR count). The van der Waals surface area contributed by atoms with Crippen LogP contribution < -0.4 is 10.5 Å². The van der Waals surface area contributed by atoms with Crippen LogP contribution >= 0.6 is 23.4 Å². The summed E-state index contributed by atoms with van der Waals surface area (Å²) in [7, 11) is 0. The number of nitrogens with two attached hydrogens (primary N) is 1. The zero-order valence-corrected chi connectivity index (χ0v) is 14.5. The van der Waals surface area contributed by atoms with E-state index in [1.807, 2.05) is 0 Å². The number of hydrogen-bond donors (Lipinski definition) is 1. The minimum absolute atomic E-state index is 0.0916. The highest BCUT2D eigenvalue weighted by Crippen LogP contribution is 2.30. The van der Waals surface area contributed by atoms with Gasteiger partial charge in [0.15, 0.2) is 17.1 Å². The van der Waals surface area contributed by atoms with Crippen LogP contribution in [-0.4, -0.2) is 26.4 Å². The predicted octanol–water partition coefficient (Wildman–Crippen LogP) is 2.97. The van der Waals surface area contributed by atoms with Gasteiger partial charge in [-0.25, -0.2) is 4.39 Å². The van der Waals surface area contributed by atoms with Crippen LogP contribution in [0.4, 0.5) is 4.39 Å². The first-order valence-electron chi connectivity index (χ1n) is 6.99. The van der Waals surface area contributed by atoms with Crippen LogP contribution in [0.2, 0.25) is 5.02 Å². The van der Waals surface area contributed by atoms with Gasteiger partial charge < -0.3 is 10.5 Å². The molecule has 2 N–H and O–H groups in total. The summed E-state index contributed by atoms with van der Waals surface area (Å²) in [6.45, 7) is 5.91. The lowest BCUT2D eigenvalue weighted by molar-refractivity contribution is -0.115. The van der Waals surface area contributed by atoms with Gasteiger partial charge in [0.25, 0.3) is 0 Å². The quantitative estimate of drug-likeness (QED) is 0.570. The molecule has 6 nitrogen and oxygen atoms in total. The normalized spacial score (nSPS) is 12.0. The number of rotatable bonds is 8. The molecule has 1 atom stereocenters. The highest BCUT2D eigenvalue weighted by Gasteiger charge is 2.20. The van der Waals surface area contributed by atoms with E-state index >= 15 is 0 Å². The lowest BCUT2D eigenvalue weighted by Gasteiger charge is -2.16. The maximum Gasteiger partial charge on any atom is 0.227 e. The second kappa shape index (κ2) is 8.16. The Kier molecular flexibility index (Phi) is 6.22. The van der Waals surface area contributed by atoms with Gasteiger partial charge in [-0.1, -0.05) is 29.4 Å². The number of allylic oxidation sites excluding steroid dienone is 1. The van der Waals surface area contributed by atoms with E-state index in [1.165, 1.54) is 30.0 Å². The number of carbonyl (C=O) groups excluding carboxylic acids is 1. The molecular formula is C15H16ClFN4O2S. The Morgan fingerprint density at radius 3 is 2.96 bits per heavy atom. The highest BCUT2D eigenvalue weighted by molar-refractivity contribution is 7.99. The summed E-state index contributed by atoms with van der Waals surface area (Å²) in [5.74, 6) is 0.0679. The summed E-state index contributed by atoms with van der Waals surface area (Å²) < 4.78 is 20.6. The van der Waals surface area contributed by atoms with E-state index < -0.39 is 17.8 Å². The molecule has 1 aromatic carbocycles. The maximum absolute atomic E-state index is 13.1. The van der Waals surface area contributed by atoms with E-state index in [0.29, 0.717) is 23.3 Å². The highest BCUT2D eigenvalue weighted by atomic mass is 35.5. The summed E-state index contributed by atoms with van der Waals surface area (Å²) in [6, 6.07) is 3.88. The molecule has 1 heterocycles. The zero-order valence-electron chi connectivity index (χ0n) is 12.9. The number of carbonyl (C=O) groups is 1. The van der Waals surface area contributed by atoms with Crippen molar-refractivity contribution >= 4 is 29.3 Å². The maximum atomic E-state index is 13.1. The largest absolute Gasteiger partial charge is 0.481 e. The predicted molar refractivity (Wildman–Crippen MR) is 90.6 cm³/mol. The van der Waals surface area contributed by atoms with Gasteiger partial charge in [0.05, 0.1) is 10.8 Å². The molecule has 1 aromatic heterocycles. The number of hydrogen-bond acceptors (Lipinski definition) is 5. The minimum Gasteiger partial charge on any atom is -0.481 e. The standard InChI is InChI=1S/C15H16ClFN4O2S/c1-3-6-21-14(19-20-15(21)24-8-13(18)22)9(2)23-12-5-4-10(17)7-11(12)16/h3-5,7,9H,1,6,8H2,2H3,(H2,18,22). The smallest absolute Gasteiger partial charge is 0.227 e. The molecule has 1 unspecified atom stereocenters. The molecule has 0 saturated heterocycles. The Labute approximate surface area is 147 Å². The van der Waals surface area contributed by atoms with Gasteiger partial charge in [0, 0.05) is 6.54 Å². The van der Waals surface area contributed by atoms with Gasteiger partial charge in [-0.15, -0.1) is 16.8 Å². The SMILES string of the molecule is C=CCn1c(SCC(N)=O)nnc1C(C)Oc1ccc(F)cc1Cl. The molecule has 0 aliphatic heterocycles. The zero-order chi connectivity index (χ0) is 17.7. The Bertz CT molecular complexity index is 753. The van der Waals surface area contributed by atoms with Crippen LogP contribution in [0, 0.1) is 5.82 Å². The van der Waals surface area contributed by atoms with E-state index in [-0.39, 0.29) is 10.8 Å². The lowest BCUT2D eigenvalue weighted by atomic mass is 10.3. The molecular weight excluding hydrogens is 355 g/mol. The molecule has 24 heavy (non-hydrogen) atoms. The third-order valence-corrected chi connectivity index (χ3v) is 4.25. The molecule has 1 amide bonds. The van der Waals surface area contributed by atoms with Gasteiger partial charge >= 0.3 is 0 Å². The molecule has 0 fully saturated rings. The van der Waals surface area contributed by atoms with Gasteiger partial charge in [-0.05, 0) is 25.1 Å². The summed E-state index contributed by atoms with van der Waals surface area (Å²) in [5, 5.41) is 8.86. The van der Waals surface area contributed by atoms with Crippen molar-refractivity contribution in [1.29, 1.82) is 0 Å². The fourth-order valence-corrected chi connectivity index (χ4v) is 2.86. The van der Waals surface area contributed by atoms with Crippen molar-refractivity contribution < 1.29 is 13.9 Å². The Balaban J connectivity index is 2.22. The number of primary amides is 1. The van der Waals surface area contributed by atoms with Crippen molar-refractivity contribution in [2.24, 2.45) is 5.73 Å². The van der Waals surface area contributed by atoms with Crippen LogP contribution in [0.3, 0.4) is 0 Å². The summed E-state index contributed by atoms with van der Waals surface area (Å²) >= 11 is 7.15. The molecule has 0 spiro atoms. The Hall–Kier alpha value is -2.06. The van der Waals surface area contributed by atoms with Crippen molar-refractivity contribution in [2.45, 2.75) is 24.7 Å². The first kappa shape index (κ1) is 18.3. The number of thioether (sulfide) groups is 1. The molecule has 2 aromatic rings. The average molecular weight is 371 g/mol.